The van der Waals surface area contributed by atoms with Gasteiger partial charge in [-0.15, -0.1) is 18.3 Å². The van der Waals surface area contributed by atoms with Crippen LogP contribution in [0, 0.1) is 0 Å². The molecule has 0 saturated carbocycles. The second-order valence-corrected chi connectivity index (χ2v) is 8.44. The van der Waals surface area contributed by atoms with Gasteiger partial charge >= 0.3 is 12.5 Å². The molecule has 2 aromatic carbocycles. The SMILES string of the molecule is CNC(Cc1ccc(-c2ncn(-c3ccc(OC(F)(F)F)cc3)n2)cc1)NC(=O)OC(C)(C)C. The Hall–Kier alpha value is -3.60. The smallest absolute Gasteiger partial charge is 0.444 e. The highest BCUT2D eigenvalue weighted by Gasteiger charge is 2.31. The molecule has 1 amide bonds. The summed E-state index contributed by atoms with van der Waals surface area (Å²) in [5.74, 6) is 0.146. The normalized spacial score (nSPS) is 12.8. The maximum atomic E-state index is 12.3. The lowest BCUT2D eigenvalue weighted by atomic mass is 10.1. The number of amides is 1. The number of nitrogens with zero attached hydrogens (tertiary/aromatic N) is 3. The number of hydrogen-bond donors (Lipinski definition) is 2. The second-order valence-electron chi connectivity index (χ2n) is 8.44. The number of carbonyl (C=O) groups excluding carboxylic acids is 1. The molecule has 0 spiro atoms. The molecule has 0 bridgehead atoms. The van der Waals surface area contributed by atoms with Gasteiger partial charge in [0.1, 0.15) is 17.7 Å². The molecule has 1 atom stereocenters. The molecule has 0 fully saturated rings. The molecule has 0 aliphatic heterocycles. The van der Waals surface area contributed by atoms with E-state index in [1.807, 2.05) is 24.3 Å². The first-order valence-electron chi connectivity index (χ1n) is 10.5. The fourth-order valence-electron chi connectivity index (χ4n) is 3.02. The minimum absolute atomic E-state index is 0.312. The molecule has 1 aromatic heterocycles. The zero-order valence-electron chi connectivity index (χ0n) is 19.2. The van der Waals surface area contributed by atoms with Gasteiger partial charge in [0.2, 0.25) is 0 Å². The fraction of sp³-hybridized carbons (Fsp3) is 0.348. The van der Waals surface area contributed by atoms with E-state index in [4.69, 9.17) is 4.74 Å². The Balaban J connectivity index is 1.63. The highest BCUT2D eigenvalue weighted by Crippen LogP contribution is 2.24. The molecular formula is C23H26F3N5O3. The third-order valence-electron chi connectivity index (χ3n) is 4.52. The van der Waals surface area contributed by atoms with Crippen LogP contribution < -0.4 is 15.4 Å². The van der Waals surface area contributed by atoms with Crippen molar-refractivity contribution in [3.63, 3.8) is 0 Å². The number of halogens is 3. The van der Waals surface area contributed by atoms with Gasteiger partial charge < -0.3 is 20.1 Å². The maximum Gasteiger partial charge on any atom is 0.573 e. The zero-order valence-corrected chi connectivity index (χ0v) is 19.2. The van der Waals surface area contributed by atoms with Gasteiger partial charge in [-0.25, -0.2) is 14.5 Å². The zero-order chi connectivity index (χ0) is 24.9. The maximum absolute atomic E-state index is 12.3. The Morgan fingerprint density at radius 2 is 1.71 bits per heavy atom. The van der Waals surface area contributed by atoms with E-state index in [2.05, 4.69) is 25.5 Å². The quantitative estimate of drug-likeness (QED) is 0.489. The summed E-state index contributed by atoms with van der Waals surface area (Å²) in [5.41, 5.74) is 1.69. The van der Waals surface area contributed by atoms with Crippen LogP contribution in [0.25, 0.3) is 17.1 Å². The van der Waals surface area contributed by atoms with E-state index in [9.17, 15) is 18.0 Å². The average Bonchev–Trinajstić information content (AvgIpc) is 3.22. The molecule has 0 aliphatic rings. The summed E-state index contributed by atoms with van der Waals surface area (Å²) < 4.78 is 47.6. The Kier molecular flexibility index (Phi) is 7.45. The summed E-state index contributed by atoms with van der Waals surface area (Å²) in [6, 6.07) is 12.9. The van der Waals surface area contributed by atoms with Crippen molar-refractivity contribution in [3.05, 3.63) is 60.4 Å². The number of nitrogens with one attached hydrogen (secondary N) is 2. The van der Waals surface area contributed by atoms with Crippen molar-refractivity contribution in [1.29, 1.82) is 0 Å². The predicted molar refractivity (Wildman–Crippen MR) is 119 cm³/mol. The predicted octanol–water partition coefficient (Wildman–Crippen LogP) is 4.45. The lowest BCUT2D eigenvalue weighted by Gasteiger charge is -2.23. The van der Waals surface area contributed by atoms with Crippen LogP contribution in [0.1, 0.15) is 26.3 Å². The molecule has 182 valence electrons. The van der Waals surface area contributed by atoms with Crippen molar-refractivity contribution in [2.24, 2.45) is 0 Å². The first-order chi connectivity index (χ1) is 15.9. The number of carbonyl (C=O) groups is 1. The Morgan fingerprint density at radius 3 is 2.26 bits per heavy atom. The van der Waals surface area contributed by atoms with Crippen LogP contribution >= 0.6 is 0 Å². The van der Waals surface area contributed by atoms with Crippen LogP contribution in [0.2, 0.25) is 0 Å². The molecular weight excluding hydrogens is 451 g/mol. The summed E-state index contributed by atoms with van der Waals surface area (Å²) in [5, 5.41) is 10.2. The van der Waals surface area contributed by atoms with E-state index < -0.39 is 18.1 Å². The van der Waals surface area contributed by atoms with Crippen LogP contribution in [0.15, 0.2) is 54.9 Å². The molecule has 11 heteroatoms. The molecule has 0 saturated heterocycles. The van der Waals surface area contributed by atoms with Gasteiger partial charge in [-0.05, 0) is 57.6 Å². The van der Waals surface area contributed by atoms with Crippen molar-refractivity contribution in [2.45, 2.75) is 45.3 Å². The highest BCUT2D eigenvalue weighted by atomic mass is 19.4. The largest absolute Gasteiger partial charge is 0.573 e. The number of benzene rings is 2. The third-order valence-corrected chi connectivity index (χ3v) is 4.52. The monoisotopic (exact) mass is 477 g/mol. The van der Waals surface area contributed by atoms with Gasteiger partial charge in [0.15, 0.2) is 5.82 Å². The molecule has 2 N–H and O–H groups in total. The van der Waals surface area contributed by atoms with Crippen LogP contribution in [0.5, 0.6) is 5.75 Å². The molecule has 0 aliphatic carbocycles. The summed E-state index contributed by atoms with van der Waals surface area (Å²) >= 11 is 0. The highest BCUT2D eigenvalue weighted by molar-refractivity contribution is 5.68. The summed E-state index contributed by atoms with van der Waals surface area (Å²) in [6.45, 7) is 5.39. The number of alkyl carbamates (subject to hydrolysis) is 1. The molecule has 3 aromatic rings. The second kappa shape index (κ2) is 10.1. The van der Waals surface area contributed by atoms with Gasteiger partial charge in [0.05, 0.1) is 11.9 Å². The van der Waals surface area contributed by atoms with Crippen molar-refractivity contribution in [1.82, 2.24) is 25.4 Å². The van der Waals surface area contributed by atoms with Crippen LogP contribution in [0.4, 0.5) is 18.0 Å². The minimum Gasteiger partial charge on any atom is -0.444 e. The van der Waals surface area contributed by atoms with Gasteiger partial charge in [0, 0.05) is 12.0 Å². The first-order valence-corrected chi connectivity index (χ1v) is 10.5. The third kappa shape index (κ3) is 7.48. The molecule has 1 unspecified atom stereocenters. The van der Waals surface area contributed by atoms with E-state index in [0.29, 0.717) is 17.9 Å². The Labute approximate surface area is 195 Å². The lowest BCUT2D eigenvalue weighted by molar-refractivity contribution is -0.274. The number of likely N-dealkylation sites (N-methyl/N-ethyl adjacent to an activating group) is 1. The van der Waals surface area contributed by atoms with Gasteiger partial charge in [0.25, 0.3) is 0 Å². The lowest BCUT2D eigenvalue weighted by Crippen LogP contribution is -2.47. The first kappa shape index (κ1) is 25.0. The Bertz CT molecular complexity index is 1090. The van der Waals surface area contributed by atoms with E-state index in [0.717, 1.165) is 11.1 Å². The molecule has 3 rings (SSSR count). The summed E-state index contributed by atoms with van der Waals surface area (Å²) in [4.78, 5) is 16.3. The van der Waals surface area contributed by atoms with Crippen molar-refractivity contribution in [2.75, 3.05) is 7.05 Å². The number of rotatable bonds is 7. The van der Waals surface area contributed by atoms with Crippen molar-refractivity contribution >= 4 is 6.09 Å². The van der Waals surface area contributed by atoms with Crippen LogP contribution in [-0.2, 0) is 11.2 Å². The number of ether oxygens (including phenoxy) is 2. The summed E-state index contributed by atoms with van der Waals surface area (Å²) in [7, 11) is 1.74. The Morgan fingerprint density at radius 1 is 1.06 bits per heavy atom. The number of alkyl halides is 3. The van der Waals surface area contributed by atoms with Crippen LogP contribution in [-0.4, -0.2) is 46.0 Å². The van der Waals surface area contributed by atoms with Crippen molar-refractivity contribution < 1.29 is 27.4 Å². The van der Waals surface area contributed by atoms with Gasteiger partial charge in [-0.1, -0.05) is 24.3 Å². The van der Waals surface area contributed by atoms with E-state index in [1.54, 1.807) is 27.8 Å². The van der Waals surface area contributed by atoms with Crippen LogP contribution in [0.3, 0.4) is 0 Å². The van der Waals surface area contributed by atoms with Gasteiger partial charge in [-0.2, -0.15) is 0 Å². The molecule has 34 heavy (non-hydrogen) atoms. The van der Waals surface area contributed by atoms with E-state index in [1.165, 1.54) is 35.3 Å². The topological polar surface area (TPSA) is 90.3 Å². The number of aromatic nitrogens is 3. The van der Waals surface area contributed by atoms with E-state index in [-0.39, 0.29) is 11.9 Å². The fourth-order valence-corrected chi connectivity index (χ4v) is 3.02. The van der Waals surface area contributed by atoms with Crippen molar-refractivity contribution in [3.8, 4) is 22.8 Å². The summed E-state index contributed by atoms with van der Waals surface area (Å²) in [6.07, 6.45) is -3.55. The van der Waals surface area contributed by atoms with Gasteiger partial charge in [-0.3, -0.25) is 0 Å². The molecule has 1 heterocycles. The number of hydrogen-bond acceptors (Lipinski definition) is 6. The van der Waals surface area contributed by atoms with E-state index >= 15 is 0 Å². The minimum atomic E-state index is -4.74. The molecule has 8 nitrogen and oxygen atoms in total. The molecule has 0 radical (unpaired) electrons. The standard InChI is InChI=1S/C23H26F3N5O3/c1-22(2,3)34-21(32)29-19(27-4)13-15-5-7-16(8-6-15)20-28-14-31(30-20)17-9-11-18(12-10-17)33-23(24,25)26/h5-12,14,19,27H,13H2,1-4H3,(H,29,32). The average molecular weight is 477 g/mol.